The molecule has 0 unspecified atom stereocenters. The predicted octanol–water partition coefficient (Wildman–Crippen LogP) is 3.40. The van der Waals surface area contributed by atoms with E-state index in [1.54, 1.807) is 0 Å². The molecule has 2 nitrogen and oxygen atoms in total. The maximum atomic E-state index is 5.66. The fourth-order valence-electron chi connectivity index (χ4n) is 2.02. The zero-order valence-electron chi connectivity index (χ0n) is 10.6. The van der Waals surface area contributed by atoms with E-state index in [-0.39, 0.29) is 0 Å². The van der Waals surface area contributed by atoms with Crippen LogP contribution in [0.25, 0.3) is 0 Å². The summed E-state index contributed by atoms with van der Waals surface area (Å²) in [6.45, 7) is 5.81. The quantitative estimate of drug-likeness (QED) is 0.775. The molecule has 0 aliphatic carbocycles. The van der Waals surface area contributed by atoms with Crippen molar-refractivity contribution in [1.82, 2.24) is 0 Å². The summed E-state index contributed by atoms with van der Waals surface area (Å²) in [5, 5.41) is 0. The molecule has 0 N–H and O–H groups in total. The minimum absolute atomic E-state index is 0.786. The van der Waals surface area contributed by atoms with Gasteiger partial charge in [0.05, 0.1) is 12.3 Å². The van der Waals surface area contributed by atoms with E-state index in [0.717, 1.165) is 37.5 Å². The van der Waals surface area contributed by atoms with Crippen LogP contribution in [0.2, 0.25) is 0 Å². The Hall–Kier alpha value is -1.57. The number of aliphatic imine (C=N–C) groups is 1. The van der Waals surface area contributed by atoms with Crippen LogP contribution >= 0.6 is 0 Å². The minimum atomic E-state index is 0.786. The Morgan fingerprint density at radius 2 is 2.29 bits per heavy atom. The second kappa shape index (κ2) is 5.67. The van der Waals surface area contributed by atoms with E-state index in [9.17, 15) is 0 Å². The molecule has 0 saturated heterocycles. The molecule has 1 aliphatic heterocycles. The molecule has 0 aromatic heterocycles. The molecule has 1 aromatic carbocycles. The molecular weight excluding hydrogens is 210 g/mol. The lowest BCUT2D eigenvalue weighted by Crippen LogP contribution is -2.11. The molecule has 0 atom stereocenters. The van der Waals surface area contributed by atoms with Gasteiger partial charge in [-0.05, 0) is 49.6 Å². The molecule has 0 bridgehead atoms. The van der Waals surface area contributed by atoms with Crippen molar-refractivity contribution >= 4 is 5.71 Å². The molecule has 90 valence electrons. The van der Waals surface area contributed by atoms with Crippen molar-refractivity contribution in [2.75, 3.05) is 13.2 Å². The molecule has 17 heavy (non-hydrogen) atoms. The summed E-state index contributed by atoms with van der Waals surface area (Å²) in [6, 6.07) is 6.32. The lowest BCUT2D eigenvalue weighted by atomic mass is 9.97. The van der Waals surface area contributed by atoms with Crippen molar-refractivity contribution in [3.63, 3.8) is 0 Å². The van der Waals surface area contributed by atoms with Crippen LogP contribution in [0.15, 0.2) is 35.3 Å². The lowest BCUT2D eigenvalue weighted by molar-refractivity contribution is 0.317. The first kappa shape index (κ1) is 11.9. The van der Waals surface area contributed by atoms with Crippen LogP contribution in [0.1, 0.15) is 31.4 Å². The number of ether oxygens (including phenoxy) is 1. The Labute approximate surface area is 103 Å². The first-order valence-corrected chi connectivity index (χ1v) is 6.28. The van der Waals surface area contributed by atoms with E-state index in [1.807, 2.05) is 19.1 Å². The monoisotopic (exact) mass is 229 g/mol. The van der Waals surface area contributed by atoms with E-state index in [1.165, 1.54) is 11.1 Å². The maximum Gasteiger partial charge on any atom is 0.119 e. The average molecular weight is 229 g/mol. The van der Waals surface area contributed by atoms with Crippen molar-refractivity contribution in [3.05, 3.63) is 41.5 Å². The van der Waals surface area contributed by atoms with Crippen molar-refractivity contribution in [2.45, 2.75) is 26.7 Å². The molecule has 1 aromatic rings. The molecule has 0 amide bonds. The van der Waals surface area contributed by atoms with E-state index in [2.05, 4.69) is 30.1 Å². The molecular formula is C15H19NO. The van der Waals surface area contributed by atoms with E-state index in [0.29, 0.717) is 0 Å². The summed E-state index contributed by atoms with van der Waals surface area (Å²) in [6.07, 6.45) is 6.17. The Morgan fingerprint density at radius 1 is 1.41 bits per heavy atom. The highest BCUT2D eigenvalue weighted by Crippen LogP contribution is 2.22. The summed E-state index contributed by atoms with van der Waals surface area (Å²) in [7, 11) is 0. The van der Waals surface area contributed by atoms with Gasteiger partial charge in [-0.2, -0.15) is 0 Å². The zero-order valence-corrected chi connectivity index (χ0v) is 10.6. The number of allylic oxidation sites excluding steroid dienone is 2. The number of hydrogen-bond acceptors (Lipinski definition) is 2. The number of benzene rings is 1. The summed E-state index contributed by atoms with van der Waals surface area (Å²) < 4.78 is 5.66. The van der Waals surface area contributed by atoms with E-state index >= 15 is 0 Å². The van der Waals surface area contributed by atoms with Crippen LogP contribution in [0.5, 0.6) is 5.75 Å². The largest absolute Gasteiger partial charge is 0.494 e. The van der Waals surface area contributed by atoms with Gasteiger partial charge in [-0.25, -0.2) is 0 Å². The lowest BCUT2D eigenvalue weighted by Gasteiger charge is -2.16. The van der Waals surface area contributed by atoms with Gasteiger partial charge < -0.3 is 4.74 Å². The predicted molar refractivity (Wildman–Crippen MR) is 72.2 cm³/mol. The van der Waals surface area contributed by atoms with E-state index in [4.69, 9.17) is 4.74 Å². The van der Waals surface area contributed by atoms with Gasteiger partial charge in [-0.15, -0.1) is 0 Å². The molecule has 0 radical (unpaired) electrons. The Kier molecular flexibility index (Phi) is 3.97. The van der Waals surface area contributed by atoms with Crippen LogP contribution < -0.4 is 4.74 Å². The number of nitrogens with zero attached hydrogens (tertiary/aromatic N) is 1. The first-order chi connectivity index (χ1) is 8.35. The highest BCUT2D eigenvalue weighted by molar-refractivity contribution is 6.10. The smallest absolute Gasteiger partial charge is 0.119 e. The molecule has 2 rings (SSSR count). The third-order valence-electron chi connectivity index (χ3n) is 2.81. The Balaban J connectivity index is 2.25. The second-order valence-electron chi connectivity index (χ2n) is 4.18. The van der Waals surface area contributed by atoms with Crippen LogP contribution in [0.4, 0.5) is 0 Å². The zero-order chi connectivity index (χ0) is 12.1. The highest BCUT2D eigenvalue weighted by Gasteiger charge is 2.12. The Bertz CT molecular complexity index is 446. The van der Waals surface area contributed by atoms with Gasteiger partial charge in [-0.3, -0.25) is 4.99 Å². The van der Waals surface area contributed by atoms with Crippen molar-refractivity contribution < 1.29 is 4.74 Å². The topological polar surface area (TPSA) is 21.6 Å². The van der Waals surface area contributed by atoms with Crippen LogP contribution in [-0.2, 0) is 6.42 Å². The van der Waals surface area contributed by atoms with Gasteiger partial charge in [0, 0.05) is 12.1 Å². The average Bonchev–Trinajstić information content (AvgIpc) is 2.37. The van der Waals surface area contributed by atoms with Gasteiger partial charge in [0.25, 0.3) is 0 Å². The standard InChI is InChI=1S/C15H19NO/c1-3-5-15-14-7-6-13(17-10-4-2)11-12(14)8-9-16-15/h3,5-7,11H,4,8-10H2,1-2H3. The fourth-order valence-corrected chi connectivity index (χ4v) is 2.02. The molecule has 1 aliphatic rings. The van der Waals surface area contributed by atoms with Gasteiger partial charge in [0.15, 0.2) is 0 Å². The summed E-state index contributed by atoms with van der Waals surface area (Å²) in [5.41, 5.74) is 3.69. The maximum absolute atomic E-state index is 5.66. The molecule has 1 heterocycles. The van der Waals surface area contributed by atoms with Crippen LogP contribution in [0.3, 0.4) is 0 Å². The second-order valence-corrected chi connectivity index (χ2v) is 4.18. The number of rotatable bonds is 4. The summed E-state index contributed by atoms with van der Waals surface area (Å²) in [5.74, 6) is 0.979. The molecule has 0 spiro atoms. The third-order valence-corrected chi connectivity index (χ3v) is 2.81. The molecule has 0 fully saturated rings. The fraction of sp³-hybridized carbons (Fsp3) is 0.400. The van der Waals surface area contributed by atoms with Crippen molar-refractivity contribution in [1.29, 1.82) is 0 Å². The highest BCUT2D eigenvalue weighted by atomic mass is 16.5. The van der Waals surface area contributed by atoms with Gasteiger partial charge in [-0.1, -0.05) is 13.0 Å². The van der Waals surface area contributed by atoms with Gasteiger partial charge in [0.1, 0.15) is 5.75 Å². The molecule has 2 heteroatoms. The van der Waals surface area contributed by atoms with Gasteiger partial charge >= 0.3 is 0 Å². The Morgan fingerprint density at radius 3 is 3.06 bits per heavy atom. The normalized spacial score (nSPS) is 14.6. The van der Waals surface area contributed by atoms with Crippen molar-refractivity contribution in [2.24, 2.45) is 4.99 Å². The SMILES string of the molecule is CC=CC1=NCCc2cc(OCCC)ccc21. The first-order valence-electron chi connectivity index (χ1n) is 6.28. The molecule has 0 saturated carbocycles. The van der Waals surface area contributed by atoms with Crippen molar-refractivity contribution in [3.8, 4) is 5.75 Å². The van der Waals surface area contributed by atoms with Crippen LogP contribution in [0, 0.1) is 0 Å². The third kappa shape index (κ3) is 2.76. The summed E-state index contributed by atoms with van der Waals surface area (Å²) in [4.78, 5) is 4.54. The minimum Gasteiger partial charge on any atom is -0.494 e. The summed E-state index contributed by atoms with van der Waals surface area (Å²) >= 11 is 0. The van der Waals surface area contributed by atoms with Crippen LogP contribution in [-0.4, -0.2) is 18.9 Å². The van der Waals surface area contributed by atoms with Gasteiger partial charge in [0.2, 0.25) is 0 Å². The number of hydrogen-bond donors (Lipinski definition) is 0. The van der Waals surface area contributed by atoms with E-state index < -0.39 is 0 Å². The number of fused-ring (bicyclic) bond motifs is 1.